The zero-order valence-corrected chi connectivity index (χ0v) is 28.8. The Labute approximate surface area is 281 Å². The van der Waals surface area contributed by atoms with Crippen LogP contribution in [0, 0.1) is 5.92 Å². The van der Waals surface area contributed by atoms with Gasteiger partial charge in [-0.25, -0.2) is 13.4 Å². The standard InChI is InChI=1S/C32H43ClN8O5S/c1-22(42)31(43)41-13-11-23(12-14-41)21-39-15-17-40(18-16-39)24-9-10-27(29(19-24)46-3)36-32-34-20-25(33)30(37-32)35-26-7-5-6-8-28(26)38(2)47(4,44)45/h5-10,19-20,22-23,42H,11-18,21H2,1-4H3,(H2,34,35,36,37). The molecule has 0 radical (unpaired) electrons. The van der Waals surface area contributed by atoms with Gasteiger partial charge in [0.2, 0.25) is 16.0 Å². The molecule has 5 rings (SSSR count). The number of halogens is 1. The summed E-state index contributed by atoms with van der Waals surface area (Å²) < 4.78 is 31.3. The smallest absolute Gasteiger partial charge is 0.251 e. The third kappa shape index (κ3) is 8.55. The summed E-state index contributed by atoms with van der Waals surface area (Å²) in [5.41, 5.74) is 2.71. The molecular weight excluding hydrogens is 644 g/mol. The number of nitrogens with one attached hydrogen (secondary N) is 2. The van der Waals surface area contributed by atoms with E-state index in [2.05, 4.69) is 30.4 Å². The number of carbonyl (C=O) groups is 1. The highest BCUT2D eigenvalue weighted by molar-refractivity contribution is 7.92. The minimum absolute atomic E-state index is 0.172. The van der Waals surface area contributed by atoms with E-state index in [0.717, 1.165) is 57.5 Å². The normalized spacial score (nSPS) is 16.9. The van der Waals surface area contributed by atoms with E-state index in [-0.39, 0.29) is 16.9 Å². The molecule has 0 spiro atoms. The van der Waals surface area contributed by atoms with Crippen molar-refractivity contribution in [1.82, 2.24) is 19.8 Å². The molecule has 2 aromatic carbocycles. The Morgan fingerprint density at radius 1 is 1.09 bits per heavy atom. The van der Waals surface area contributed by atoms with Gasteiger partial charge in [-0.1, -0.05) is 23.7 Å². The fraction of sp³-hybridized carbons (Fsp3) is 0.469. The summed E-state index contributed by atoms with van der Waals surface area (Å²) in [6, 6.07) is 13.0. The van der Waals surface area contributed by atoms with Crippen molar-refractivity contribution in [2.24, 2.45) is 5.92 Å². The van der Waals surface area contributed by atoms with E-state index in [9.17, 15) is 18.3 Å². The average molecular weight is 687 g/mol. The number of hydrogen-bond donors (Lipinski definition) is 3. The summed E-state index contributed by atoms with van der Waals surface area (Å²) >= 11 is 6.43. The molecule has 2 fully saturated rings. The number of aliphatic hydroxyl groups excluding tert-OH is 1. The quantitative estimate of drug-likeness (QED) is 0.271. The summed E-state index contributed by atoms with van der Waals surface area (Å²) in [6.45, 7) is 7.66. The van der Waals surface area contributed by atoms with Crippen molar-refractivity contribution in [2.75, 3.05) is 86.1 Å². The molecule has 0 aliphatic carbocycles. The fourth-order valence-corrected chi connectivity index (χ4v) is 6.58. The number of rotatable bonds is 11. The van der Waals surface area contributed by atoms with E-state index in [0.29, 0.717) is 47.6 Å². The molecule has 0 saturated carbocycles. The lowest BCUT2D eigenvalue weighted by molar-refractivity contribution is -0.140. The number of hydrogen-bond acceptors (Lipinski definition) is 11. The zero-order valence-electron chi connectivity index (χ0n) is 27.2. The number of likely N-dealkylation sites (tertiary alicyclic amines) is 1. The Morgan fingerprint density at radius 3 is 2.45 bits per heavy atom. The SMILES string of the molecule is COc1cc(N2CCN(CC3CCN(C(=O)C(C)O)CC3)CC2)ccc1Nc1ncc(Cl)c(Nc2ccccc2N(C)S(C)(=O)=O)n1. The number of methoxy groups -OCH3 is 1. The van der Waals surface area contributed by atoms with Crippen LogP contribution in [0.3, 0.4) is 0 Å². The predicted molar refractivity (Wildman–Crippen MR) is 186 cm³/mol. The molecule has 3 heterocycles. The Bertz CT molecular complexity index is 1660. The van der Waals surface area contributed by atoms with Crippen LogP contribution >= 0.6 is 11.6 Å². The molecular formula is C32H43ClN8O5S. The monoisotopic (exact) mass is 686 g/mol. The Hall–Kier alpha value is -3.85. The second-order valence-electron chi connectivity index (χ2n) is 12.0. The van der Waals surface area contributed by atoms with Gasteiger partial charge in [-0.15, -0.1) is 0 Å². The van der Waals surface area contributed by atoms with E-state index in [1.165, 1.54) is 24.5 Å². The van der Waals surface area contributed by atoms with Crippen molar-refractivity contribution in [2.45, 2.75) is 25.9 Å². The van der Waals surface area contributed by atoms with Crippen molar-refractivity contribution in [3.05, 3.63) is 53.7 Å². The summed E-state index contributed by atoms with van der Waals surface area (Å²) in [4.78, 5) is 27.6. The van der Waals surface area contributed by atoms with Gasteiger partial charge in [0.25, 0.3) is 5.91 Å². The molecule has 3 N–H and O–H groups in total. The number of sulfonamides is 1. The minimum atomic E-state index is -3.49. The number of para-hydroxylation sites is 2. The van der Waals surface area contributed by atoms with E-state index in [1.807, 2.05) is 18.2 Å². The van der Waals surface area contributed by atoms with Crippen molar-refractivity contribution in [3.8, 4) is 5.75 Å². The van der Waals surface area contributed by atoms with E-state index < -0.39 is 16.1 Å². The minimum Gasteiger partial charge on any atom is -0.494 e. The van der Waals surface area contributed by atoms with Gasteiger partial charge >= 0.3 is 0 Å². The van der Waals surface area contributed by atoms with Crippen LogP contribution in [0.5, 0.6) is 5.75 Å². The third-order valence-corrected chi connectivity index (χ3v) is 10.2. The van der Waals surface area contributed by atoms with Gasteiger partial charge in [-0.2, -0.15) is 4.98 Å². The highest BCUT2D eigenvalue weighted by Gasteiger charge is 2.27. The van der Waals surface area contributed by atoms with Gasteiger partial charge in [0.15, 0.2) is 5.82 Å². The van der Waals surface area contributed by atoms with Crippen LogP contribution in [0.25, 0.3) is 0 Å². The molecule has 47 heavy (non-hydrogen) atoms. The Morgan fingerprint density at radius 2 is 1.79 bits per heavy atom. The van der Waals surface area contributed by atoms with Crippen molar-refractivity contribution < 1.29 is 23.1 Å². The summed E-state index contributed by atoms with van der Waals surface area (Å²) in [7, 11) is -0.385. The van der Waals surface area contributed by atoms with Gasteiger partial charge in [-0.3, -0.25) is 14.0 Å². The number of amides is 1. The van der Waals surface area contributed by atoms with Gasteiger partial charge < -0.3 is 30.3 Å². The van der Waals surface area contributed by atoms with Crippen LogP contribution in [0.1, 0.15) is 19.8 Å². The maximum atomic E-state index is 12.2. The molecule has 254 valence electrons. The summed E-state index contributed by atoms with van der Waals surface area (Å²) in [5, 5.41) is 16.2. The molecule has 2 saturated heterocycles. The maximum absolute atomic E-state index is 12.2. The molecule has 0 bridgehead atoms. The molecule has 1 unspecified atom stereocenters. The van der Waals surface area contributed by atoms with Crippen LogP contribution in [0.4, 0.5) is 34.5 Å². The number of piperidine rings is 1. The summed E-state index contributed by atoms with van der Waals surface area (Å²) in [5.74, 6) is 1.61. The second-order valence-corrected chi connectivity index (χ2v) is 14.4. The molecule has 1 aromatic heterocycles. The maximum Gasteiger partial charge on any atom is 0.251 e. The van der Waals surface area contributed by atoms with Gasteiger partial charge in [0.1, 0.15) is 16.9 Å². The number of aromatic nitrogens is 2. The highest BCUT2D eigenvalue weighted by atomic mass is 35.5. The lowest BCUT2D eigenvalue weighted by Gasteiger charge is -2.40. The molecule has 2 aliphatic rings. The molecule has 2 aliphatic heterocycles. The number of ether oxygens (including phenoxy) is 1. The number of benzene rings is 2. The van der Waals surface area contributed by atoms with Crippen molar-refractivity contribution >= 4 is 62.0 Å². The van der Waals surface area contributed by atoms with Gasteiger partial charge in [0, 0.05) is 64.6 Å². The molecule has 1 amide bonds. The van der Waals surface area contributed by atoms with Crippen LogP contribution < -0.4 is 24.6 Å². The second kappa shape index (κ2) is 14.9. The first-order valence-corrected chi connectivity index (χ1v) is 17.9. The van der Waals surface area contributed by atoms with Crippen LogP contribution in [-0.2, 0) is 14.8 Å². The number of anilines is 6. The number of aliphatic hydroxyl groups is 1. The molecule has 13 nitrogen and oxygen atoms in total. The lowest BCUT2D eigenvalue weighted by atomic mass is 9.95. The lowest BCUT2D eigenvalue weighted by Crippen LogP contribution is -2.49. The van der Waals surface area contributed by atoms with Crippen molar-refractivity contribution in [3.63, 3.8) is 0 Å². The fourth-order valence-electron chi connectivity index (χ4n) is 5.93. The van der Waals surface area contributed by atoms with E-state index in [4.69, 9.17) is 16.3 Å². The van der Waals surface area contributed by atoms with Crippen LogP contribution in [0.15, 0.2) is 48.7 Å². The third-order valence-electron chi connectivity index (χ3n) is 8.71. The number of piperazine rings is 1. The van der Waals surface area contributed by atoms with Gasteiger partial charge in [0.05, 0.1) is 36.6 Å². The number of carbonyl (C=O) groups excluding carboxylic acids is 1. The van der Waals surface area contributed by atoms with Gasteiger partial charge in [-0.05, 0) is 49.9 Å². The van der Waals surface area contributed by atoms with E-state index >= 15 is 0 Å². The number of nitrogens with zero attached hydrogens (tertiary/aromatic N) is 6. The zero-order chi connectivity index (χ0) is 33.7. The Balaban J connectivity index is 1.20. The molecule has 3 aromatic rings. The largest absolute Gasteiger partial charge is 0.494 e. The first kappa shape index (κ1) is 34.5. The first-order chi connectivity index (χ1) is 22.4. The van der Waals surface area contributed by atoms with E-state index in [1.54, 1.807) is 36.3 Å². The van der Waals surface area contributed by atoms with Crippen molar-refractivity contribution in [1.29, 1.82) is 0 Å². The first-order valence-electron chi connectivity index (χ1n) is 15.6. The highest BCUT2D eigenvalue weighted by Crippen LogP contribution is 2.34. The molecule has 15 heteroatoms. The van der Waals surface area contributed by atoms with Crippen LogP contribution in [-0.4, -0.2) is 112 Å². The Kier molecular flexibility index (Phi) is 11.0. The topological polar surface area (TPSA) is 143 Å². The average Bonchev–Trinajstić information content (AvgIpc) is 3.06. The van der Waals surface area contributed by atoms with Crippen LogP contribution in [0.2, 0.25) is 5.02 Å². The predicted octanol–water partition coefficient (Wildman–Crippen LogP) is 3.76. The molecule has 1 atom stereocenters. The summed E-state index contributed by atoms with van der Waals surface area (Å²) in [6.07, 6.45) is 3.61.